The predicted molar refractivity (Wildman–Crippen MR) is 222 cm³/mol. The maximum atomic E-state index is 12.6. The number of hydrogen-bond acceptors (Lipinski definition) is 8. The lowest BCUT2D eigenvalue weighted by Gasteiger charge is -2.28. The van der Waals surface area contributed by atoms with Crippen LogP contribution in [0.25, 0.3) is 0 Å². The van der Waals surface area contributed by atoms with Crippen molar-refractivity contribution in [2.75, 3.05) is 47.5 Å². The van der Waals surface area contributed by atoms with E-state index in [4.69, 9.17) is 18.5 Å². The first kappa shape index (κ1) is 52.0. The molecule has 0 spiro atoms. The molecule has 9 nitrogen and oxygen atoms in total. The van der Waals surface area contributed by atoms with Crippen LogP contribution in [0.15, 0.2) is 48.6 Å². The third-order valence-corrected chi connectivity index (χ3v) is 9.79. The van der Waals surface area contributed by atoms with E-state index in [1.165, 1.54) is 77.0 Å². The lowest BCUT2D eigenvalue weighted by atomic mass is 10.1. The van der Waals surface area contributed by atoms with Crippen LogP contribution in [0.5, 0.6) is 0 Å². The average molecular weight is 782 g/mol. The summed E-state index contributed by atoms with van der Waals surface area (Å²) < 4.78 is 33.8. The molecule has 0 aliphatic carbocycles. The van der Waals surface area contributed by atoms with Gasteiger partial charge in [0.05, 0.1) is 27.7 Å². The van der Waals surface area contributed by atoms with Crippen molar-refractivity contribution >= 4 is 19.8 Å². The molecule has 2 atom stereocenters. The van der Waals surface area contributed by atoms with Gasteiger partial charge in [0.2, 0.25) is 0 Å². The molecule has 0 aromatic carbocycles. The Morgan fingerprint density at radius 2 is 1.00 bits per heavy atom. The van der Waals surface area contributed by atoms with E-state index in [1.54, 1.807) is 0 Å². The Labute approximate surface area is 331 Å². The van der Waals surface area contributed by atoms with E-state index < -0.39 is 32.5 Å². The van der Waals surface area contributed by atoms with Crippen LogP contribution in [0.4, 0.5) is 0 Å². The molecule has 0 radical (unpaired) electrons. The number of hydrogen-bond donors (Lipinski definition) is 0. The molecule has 0 N–H and O–H groups in total. The Bertz CT molecular complexity index is 1070. The van der Waals surface area contributed by atoms with Gasteiger partial charge in [-0.3, -0.25) is 14.2 Å². The summed E-state index contributed by atoms with van der Waals surface area (Å²) in [6.07, 6.45) is 41.4. The fourth-order valence-electron chi connectivity index (χ4n) is 5.42. The van der Waals surface area contributed by atoms with Gasteiger partial charge in [-0.2, -0.15) is 0 Å². The van der Waals surface area contributed by atoms with Gasteiger partial charge in [-0.1, -0.05) is 127 Å². The number of nitrogens with zero attached hydrogens (tertiary/aromatic N) is 1. The van der Waals surface area contributed by atoms with Crippen molar-refractivity contribution in [1.29, 1.82) is 0 Å². The highest BCUT2D eigenvalue weighted by molar-refractivity contribution is 7.45. The Hall–Kier alpha value is -2.03. The van der Waals surface area contributed by atoms with Crippen LogP contribution in [0.2, 0.25) is 0 Å². The van der Waals surface area contributed by atoms with Crippen LogP contribution in [0.3, 0.4) is 0 Å². The van der Waals surface area contributed by atoms with Crippen molar-refractivity contribution in [3.63, 3.8) is 0 Å². The molecule has 0 aromatic rings. The smallest absolute Gasteiger partial charge is 0.306 e. The molecule has 314 valence electrons. The zero-order valence-electron chi connectivity index (χ0n) is 35.2. The third kappa shape index (κ3) is 39.7. The number of likely N-dealkylation sites (N-methyl/N-ethyl adjacent to an activating group) is 1. The molecule has 0 aromatic heterocycles. The van der Waals surface area contributed by atoms with Gasteiger partial charge in [0.15, 0.2) is 6.10 Å². The van der Waals surface area contributed by atoms with Gasteiger partial charge in [0.25, 0.3) is 7.82 Å². The molecule has 0 saturated carbocycles. The molecule has 10 heteroatoms. The van der Waals surface area contributed by atoms with Gasteiger partial charge in [-0.05, 0) is 77.0 Å². The van der Waals surface area contributed by atoms with E-state index in [1.807, 2.05) is 21.1 Å². The van der Waals surface area contributed by atoms with Gasteiger partial charge in [0.1, 0.15) is 19.8 Å². The Morgan fingerprint density at radius 1 is 0.574 bits per heavy atom. The second-order valence-corrected chi connectivity index (χ2v) is 16.8. The highest BCUT2D eigenvalue weighted by Gasteiger charge is 2.21. The molecule has 0 fully saturated rings. The molecule has 54 heavy (non-hydrogen) atoms. The minimum atomic E-state index is -4.64. The number of rotatable bonds is 38. The van der Waals surface area contributed by atoms with Gasteiger partial charge < -0.3 is 27.9 Å². The number of quaternary nitrogens is 1. The largest absolute Gasteiger partial charge is 0.756 e. The highest BCUT2D eigenvalue weighted by Crippen LogP contribution is 2.38. The van der Waals surface area contributed by atoms with E-state index >= 15 is 0 Å². The lowest BCUT2D eigenvalue weighted by molar-refractivity contribution is -0.870. The fourth-order valence-corrected chi connectivity index (χ4v) is 6.15. The van der Waals surface area contributed by atoms with Gasteiger partial charge in [-0.25, -0.2) is 0 Å². The second kappa shape index (κ2) is 36.6. The van der Waals surface area contributed by atoms with Crippen molar-refractivity contribution in [3.8, 4) is 0 Å². The molecule has 0 bridgehead atoms. The zero-order chi connectivity index (χ0) is 40.0. The summed E-state index contributed by atoms with van der Waals surface area (Å²) in [6, 6.07) is 0. The summed E-state index contributed by atoms with van der Waals surface area (Å²) in [5, 5.41) is 0. The number of esters is 2. The number of unbranched alkanes of at least 4 members (excludes halogenated alkanes) is 16. The number of carbonyl (C=O) groups excluding carboxylic acids is 2. The van der Waals surface area contributed by atoms with E-state index in [9.17, 15) is 19.0 Å². The first-order chi connectivity index (χ1) is 26.0. The highest BCUT2D eigenvalue weighted by atomic mass is 31.2. The molecule has 0 aliphatic rings. The Kier molecular flexibility index (Phi) is 35.2. The standard InChI is InChI=1S/C44H80NO8P/c1-6-8-10-12-14-16-18-20-22-24-26-28-30-32-34-36-43(46)50-40-42(41-52-54(48,49)51-39-38-45(3,4)5)53-44(47)37-35-33-31-29-27-25-23-21-19-17-15-13-11-9-7-2/h14,16,20,22,26-29,42H,6-13,15,17-19,21,23-25,30-41H2,1-5H3/b16-14+,22-20+,28-26+,29-27+/t42-/m1/s1. The molecule has 0 amide bonds. The van der Waals surface area contributed by atoms with Crippen molar-refractivity contribution in [1.82, 2.24) is 0 Å². The average Bonchev–Trinajstić information content (AvgIpc) is 3.12. The van der Waals surface area contributed by atoms with Gasteiger partial charge in [-0.15, -0.1) is 0 Å². The molecule has 0 saturated heterocycles. The lowest BCUT2D eigenvalue weighted by Crippen LogP contribution is -2.37. The van der Waals surface area contributed by atoms with Gasteiger partial charge >= 0.3 is 11.9 Å². The summed E-state index contributed by atoms with van der Waals surface area (Å²) in [5.41, 5.74) is 0. The third-order valence-electron chi connectivity index (χ3n) is 8.82. The maximum absolute atomic E-state index is 12.6. The zero-order valence-corrected chi connectivity index (χ0v) is 36.0. The molecular formula is C44H80NO8P. The SMILES string of the molecule is CCCCC/C=C/C/C=C/C/C=C/CCCCC(=O)OC[C@H](COP(=O)([O-])OCC[N+](C)(C)C)OC(=O)CCCC/C=C/CCCCCCCCCCC. The summed E-state index contributed by atoms with van der Waals surface area (Å²) in [6.45, 7) is 4.12. The van der Waals surface area contributed by atoms with Crippen LogP contribution < -0.4 is 4.89 Å². The normalized spacial score (nSPS) is 14.1. The molecule has 0 rings (SSSR count). The number of phosphoric acid groups is 1. The van der Waals surface area contributed by atoms with Crippen molar-refractivity contribution < 1.29 is 42.1 Å². The van der Waals surface area contributed by atoms with Crippen molar-refractivity contribution in [2.45, 2.75) is 174 Å². The first-order valence-electron chi connectivity index (χ1n) is 21.3. The topological polar surface area (TPSA) is 111 Å². The number of ether oxygens (including phenoxy) is 2. The molecule has 0 heterocycles. The second-order valence-electron chi connectivity index (χ2n) is 15.3. The van der Waals surface area contributed by atoms with Gasteiger partial charge in [0, 0.05) is 12.8 Å². The van der Waals surface area contributed by atoms with Crippen molar-refractivity contribution in [3.05, 3.63) is 48.6 Å². The fraction of sp³-hybridized carbons (Fsp3) is 0.773. The molecule has 0 aliphatic heterocycles. The van der Waals surface area contributed by atoms with E-state index in [0.29, 0.717) is 23.9 Å². The monoisotopic (exact) mass is 782 g/mol. The summed E-state index contributed by atoms with van der Waals surface area (Å²) in [4.78, 5) is 37.4. The maximum Gasteiger partial charge on any atom is 0.306 e. The van der Waals surface area contributed by atoms with Crippen LogP contribution in [-0.4, -0.2) is 70.0 Å². The number of carbonyl (C=O) groups is 2. The van der Waals surface area contributed by atoms with Crippen LogP contribution in [0.1, 0.15) is 168 Å². The van der Waals surface area contributed by atoms with Crippen molar-refractivity contribution in [2.24, 2.45) is 0 Å². The summed E-state index contributed by atoms with van der Waals surface area (Å²) in [7, 11) is 1.13. The predicted octanol–water partition coefficient (Wildman–Crippen LogP) is 11.3. The van der Waals surface area contributed by atoms with Crippen LogP contribution in [0, 0.1) is 0 Å². The summed E-state index contributed by atoms with van der Waals surface area (Å²) in [5.74, 6) is -0.907. The Balaban J connectivity index is 4.48. The molecular weight excluding hydrogens is 701 g/mol. The number of allylic oxidation sites excluding steroid dienone is 8. The minimum Gasteiger partial charge on any atom is -0.756 e. The summed E-state index contributed by atoms with van der Waals surface area (Å²) >= 11 is 0. The minimum absolute atomic E-state index is 0.0416. The number of phosphoric ester groups is 1. The van der Waals surface area contributed by atoms with Crippen LogP contribution >= 0.6 is 7.82 Å². The Morgan fingerprint density at radius 3 is 1.54 bits per heavy atom. The van der Waals surface area contributed by atoms with Crippen LogP contribution in [-0.2, 0) is 32.7 Å². The van der Waals surface area contributed by atoms with E-state index in [-0.39, 0.29) is 26.1 Å². The van der Waals surface area contributed by atoms with E-state index in [0.717, 1.165) is 51.4 Å². The van der Waals surface area contributed by atoms with E-state index in [2.05, 4.69) is 62.5 Å². The first-order valence-corrected chi connectivity index (χ1v) is 22.8. The quantitative estimate of drug-likeness (QED) is 0.0200. The molecule has 1 unspecified atom stereocenters.